The Morgan fingerprint density at radius 1 is 1.30 bits per heavy atom. The fraction of sp³-hybridized carbons (Fsp3) is 0.875. The van der Waals surface area contributed by atoms with Crippen molar-refractivity contribution in [3.05, 3.63) is 0 Å². The summed E-state index contributed by atoms with van der Waals surface area (Å²) in [5.41, 5.74) is -0.0447. The second-order valence-corrected chi connectivity index (χ2v) is 7.15. The smallest absolute Gasteiger partial charge is 0.246 e. The molecular formula is C16H26N2O2. The van der Waals surface area contributed by atoms with Gasteiger partial charge in [0, 0.05) is 5.54 Å². The highest BCUT2D eigenvalue weighted by Gasteiger charge is 2.55. The highest BCUT2D eigenvalue weighted by molar-refractivity contribution is 5.98. The third kappa shape index (κ3) is 1.95. The highest BCUT2D eigenvalue weighted by Crippen LogP contribution is 2.45. The van der Waals surface area contributed by atoms with Crippen molar-refractivity contribution in [1.29, 1.82) is 0 Å². The van der Waals surface area contributed by atoms with Crippen molar-refractivity contribution < 1.29 is 9.59 Å². The van der Waals surface area contributed by atoms with Crippen LogP contribution in [0.1, 0.15) is 59.3 Å². The summed E-state index contributed by atoms with van der Waals surface area (Å²) in [6.07, 6.45) is 6.42. The van der Waals surface area contributed by atoms with Crippen LogP contribution in [-0.4, -0.2) is 34.3 Å². The lowest BCUT2D eigenvalue weighted by molar-refractivity contribution is -0.165. The fourth-order valence-corrected chi connectivity index (χ4v) is 3.93. The molecule has 2 amide bonds. The van der Waals surface area contributed by atoms with Gasteiger partial charge in [-0.25, -0.2) is 0 Å². The molecule has 3 rings (SSSR count). The van der Waals surface area contributed by atoms with Crippen LogP contribution in [0.4, 0.5) is 0 Å². The molecule has 1 heterocycles. The molecule has 0 bridgehead atoms. The predicted octanol–water partition coefficient (Wildman–Crippen LogP) is 2.08. The van der Waals surface area contributed by atoms with E-state index in [1.807, 2.05) is 18.7 Å². The summed E-state index contributed by atoms with van der Waals surface area (Å²) in [6.45, 7) is 6.25. The minimum absolute atomic E-state index is 0.0447. The maximum Gasteiger partial charge on any atom is 0.246 e. The molecule has 0 aromatic heterocycles. The van der Waals surface area contributed by atoms with Crippen LogP contribution in [0.5, 0.6) is 0 Å². The Labute approximate surface area is 121 Å². The number of carbonyl (C=O) groups is 2. The number of carbonyl (C=O) groups excluding carboxylic acids is 2. The molecule has 1 aliphatic heterocycles. The van der Waals surface area contributed by atoms with Crippen LogP contribution < -0.4 is 5.32 Å². The van der Waals surface area contributed by atoms with Gasteiger partial charge in [0.05, 0.1) is 0 Å². The summed E-state index contributed by atoms with van der Waals surface area (Å²) in [5, 5.41) is 3.00. The second kappa shape index (κ2) is 4.74. The number of amides is 2. The minimum atomic E-state index is -0.280. The summed E-state index contributed by atoms with van der Waals surface area (Å²) < 4.78 is 0. The molecule has 1 saturated heterocycles. The fourth-order valence-electron chi connectivity index (χ4n) is 3.93. The van der Waals surface area contributed by atoms with Crippen LogP contribution >= 0.6 is 0 Å². The van der Waals surface area contributed by atoms with Gasteiger partial charge in [0.2, 0.25) is 11.8 Å². The van der Waals surface area contributed by atoms with E-state index in [0.29, 0.717) is 5.92 Å². The van der Waals surface area contributed by atoms with Gasteiger partial charge < -0.3 is 10.2 Å². The number of piperazine rings is 1. The van der Waals surface area contributed by atoms with E-state index in [0.717, 1.165) is 32.1 Å². The van der Waals surface area contributed by atoms with E-state index in [1.165, 1.54) is 6.42 Å². The Kier molecular flexibility index (Phi) is 3.30. The van der Waals surface area contributed by atoms with Gasteiger partial charge in [-0.15, -0.1) is 0 Å². The first-order valence-corrected chi connectivity index (χ1v) is 8.14. The lowest BCUT2D eigenvalue weighted by atomic mass is 9.71. The Morgan fingerprint density at radius 2 is 1.95 bits per heavy atom. The maximum absolute atomic E-state index is 13.0. The zero-order valence-corrected chi connectivity index (χ0v) is 12.8. The van der Waals surface area contributed by atoms with Crippen molar-refractivity contribution >= 4 is 11.8 Å². The third-order valence-corrected chi connectivity index (χ3v) is 5.53. The molecule has 4 nitrogen and oxygen atoms in total. The van der Waals surface area contributed by atoms with Crippen LogP contribution in [0.2, 0.25) is 0 Å². The first-order valence-electron chi connectivity index (χ1n) is 8.14. The van der Waals surface area contributed by atoms with E-state index in [-0.39, 0.29) is 35.4 Å². The number of hydrogen-bond donors (Lipinski definition) is 1. The molecule has 2 saturated carbocycles. The van der Waals surface area contributed by atoms with E-state index in [9.17, 15) is 9.59 Å². The lowest BCUT2D eigenvalue weighted by Crippen LogP contribution is -2.72. The van der Waals surface area contributed by atoms with Crippen molar-refractivity contribution in [2.24, 2.45) is 11.8 Å². The van der Waals surface area contributed by atoms with Gasteiger partial charge in [0.1, 0.15) is 12.1 Å². The number of hydrogen-bond acceptors (Lipinski definition) is 2. The van der Waals surface area contributed by atoms with Gasteiger partial charge in [-0.1, -0.05) is 20.8 Å². The first-order chi connectivity index (χ1) is 9.50. The average Bonchev–Trinajstić information content (AvgIpc) is 3.15. The summed E-state index contributed by atoms with van der Waals surface area (Å²) in [6, 6.07) is -0.528. The molecule has 4 heteroatoms. The van der Waals surface area contributed by atoms with Gasteiger partial charge >= 0.3 is 0 Å². The summed E-state index contributed by atoms with van der Waals surface area (Å²) in [5.74, 6) is 0.808. The standard InChI is InChI=1S/C16H26N2O2/c1-4-16(8-5-9-16)18-13(10(2)3)14(19)17-12(15(18)20)11-6-7-11/h10-13H,4-9H2,1-3H3,(H,17,19). The van der Waals surface area contributed by atoms with Crippen LogP contribution in [0.15, 0.2) is 0 Å². The van der Waals surface area contributed by atoms with Crippen LogP contribution in [0.3, 0.4) is 0 Å². The largest absolute Gasteiger partial charge is 0.342 e. The van der Waals surface area contributed by atoms with Crippen molar-refractivity contribution in [2.75, 3.05) is 0 Å². The Balaban J connectivity index is 1.94. The van der Waals surface area contributed by atoms with Crippen molar-refractivity contribution in [3.63, 3.8) is 0 Å². The molecular weight excluding hydrogens is 252 g/mol. The Bertz CT molecular complexity index is 419. The SMILES string of the molecule is CCC1(N2C(=O)C(C3CC3)NC(=O)C2C(C)C)CCC1. The minimum Gasteiger partial charge on any atom is -0.342 e. The first kappa shape index (κ1) is 13.9. The molecule has 1 N–H and O–H groups in total. The van der Waals surface area contributed by atoms with Crippen LogP contribution in [0, 0.1) is 11.8 Å². The molecule has 2 atom stereocenters. The molecule has 3 fully saturated rings. The lowest BCUT2D eigenvalue weighted by Gasteiger charge is -2.56. The average molecular weight is 278 g/mol. The third-order valence-electron chi connectivity index (χ3n) is 5.53. The quantitative estimate of drug-likeness (QED) is 0.856. The van der Waals surface area contributed by atoms with E-state index in [2.05, 4.69) is 12.2 Å². The Morgan fingerprint density at radius 3 is 2.35 bits per heavy atom. The number of nitrogens with one attached hydrogen (secondary N) is 1. The molecule has 0 aromatic carbocycles. The van der Waals surface area contributed by atoms with E-state index < -0.39 is 0 Å². The maximum atomic E-state index is 13.0. The molecule has 0 radical (unpaired) electrons. The molecule has 0 spiro atoms. The molecule has 2 unspecified atom stereocenters. The normalized spacial score (nSPS) is 33.1. The summed E-state index contributed by atoms with van der Waals surface area (Å²) in [7, 11) is 0. The van der Waals surface area contributed by atoms with Crippen molar-refractivity contribution in [3.8, 4) is 0 Å². The molecule has 3 aliphatic rings. The Hall–Kier alpha value is -1.06. The van der Waals surface area contributed by atoms with Crippen LogP contribution in [0.25, 0.3) is 0 Å². The molecule has 112 valence electrons. The predicted molar refractivity (Wildman–Crippen MR) is 77.0 cm³/mol. The van der Waals surface area contributed by atoms with Crippen LogP contribution in [-0.2, 0) is 9.59 Å². The van der Waals surface area contributed by atoms with E-state index in [4.69, 9.17) is 0 Å². The van der Waals surface area contributed by atoms with Crippen molar-refractivity contribution in [1.82, 2.24) is 10.2 Å². The van der Waals surface area contributed by atoms with Gasteiger partial charge in [0.25, 0.3) is 0 Å². The van der Waals surface area contributed by atoms with E-state index in [1.54, 1.807) is 0 Å². The topological polar surface area (TPSA) is 49.4 Å². The zero-order valence-electron chi connectivity index (χ0n) is 12.8. The molecule has 2 aliphatic carbocycles. The van der Waals surface area contributed by atoms with E-state index >= 15 is 0 Å². The number of nitrogens with zero attached hydrogens (tertiary/aromatic N) is 1. The summed E-state index contributed by atoms with van der Waals surface area (Å²) in [4.78, 5) is 27.5. The van der Waals surface area contributed by atoms with Gasteiger partial charge in [-0.2, -0.15) is 0 Å². The van der Waals surface area contributed by atoms with Gasteiger partial charge in [-0.05, 0) is 50.4 Å². The monoisotopic (exact) mass is 278 g/mol. The highest BCUT2D eigenvalue weighted by atomic mass is 16.2. The summed E-state index contributed by atoms with van der Waals surface area (Å²) >= 11 is 0. The zero-order chi connectivity index (χ0) is 14.5. The molecule has 20 heavy (non-hydrogen) atoms. The van der Waals surface area contributed by atoms with Crippen molar-refractivity contribution in [2.45, 2.75) is 76.9 Å². The van der Waals surface area contributed by atoms with Gasteiger partial charge in [0.15, 0.2) is 0 Å². The second-order valence-electron chi connectivity index (χ2n) is 7.15. The number of rotatable bonds is 4. The molecule has 0 aromatic rings. The van der Waals surface area contributed by atoms with Gasteiger partial charge in [-0.3, -0.25) is 9.59 Å².